The molecule has 1 N–H and O–H groups in total. The van der Waals surface area contributed by atoms with Crippen molar-refractivity contribution in [1.29, 1.82) is 0 Å². The van der Waals surface area contributed by atoms with Crippen LogP contribution in [0, 0.1) is 5.95 Å². The van der Waals surface area contributed by atoms with Gasteiger partial charge >= 0.3 is 0 Å². The van der Waals surface area contributed by atoms with Crippen molar-refractivity contribution in [1.82, 2.24) is 4.98 Å². The summed E-state index contributed by atoms with van der Waals surface area (Å²) in [5.41, 5.74) is -0.0851. The Bertz CT molecular complexity index is 283. The fourth-order valence-corrected chi connectivity index (χ4v) is 0.796. The summed E-state index contributed by atoms with van der Waals surface area (Å²) in [6.07, 6.45) is 0. The zero-order chi connectivity index (χ0) is 7.56. The van der Waals surface area contributed by atoms with Crippen LogP contribution in [0.3, 0.4) is 0 Å². The average molecular weight is 162 g/mol. The Balaban J connectivity index is 3.20. The molecule has 0 aliphatic carbocycles. The van der Waals surface area contributed by atoms with Crippen molar-refractivity contribution < 1.29 is 4.39 Å². The molecule has 0 amide bonds. The first-order valence-electron chi connectivity index (χ1n) is 2.67. The second-order valence-electron chi connectivity index (χ2n) is 1.79. The van der Waals surface area contributed by atoms with Crippen LogP contribution in [0.5, 0.6) is 0 Å². The molecule has 1 aromatic heterocycles. The van der Waals surface area contributed by atoms with E-state index in [1.54, 1.807) is 0 Å². The molecular formula is C6H5ClFNO. The van der Waals surface area contributed by atoms with Gasteiger partial charge in [0.15, 0.2) is 5.95 Å². The molecule has 4 heteroatoms. The monoisotopic (exact) mass is 161 g/mol. The molecule has 0 atom stereocenters. The van der Waals surface area contributed by atoms with E-state index in [0.29, 0.717) is 5.56 Å². The number of nitrogens with one attached hydrogen (secondary N) is 1. The highest BCUT2D eigenvalue weighted by atomic mass is 35.5. The lowest BCUT2D eigenvalue weighted by Gasteiger charge is -1.91. The Hall–Kier alpha value is -0.830. The third kappa shape index (κ3) is 1.36. The van der Waals surface area contributed by atoms with E-state index in [1.165, 1.54) is 12.1 Å². The second-order valence-corrected chi connectivity index (χ2v) is 2.06. The van der Waals surface area contributed by atoms with Crippen molar-refractivity contribution in [3.8, 4) is 0 Å². The summed E-state index contributed by atoms with van der Waals surface area (Å²) in [6.45, 7) is 0. The number of aromatic nitrogens is 1. The Morgan fingerprint density at radius 3 is 2.80 bits per heavy atom. The van der Waals surface area contributed by atoms with E-state index >= 15 is 0 Å². The van der Waals surface area contributed by atoms with Crippen LogP contribution in [0.4, 0.5) is 4.39 Å². The van der Waals surface area contributed by atoms with E-state index in [0.717, 1.165) is 0 Å². The standard InChI is InChI=1S/C6H5ClFNO/c7-3-4-1-2-5(8)9-6(4)10/h1-2H,3H2,(H,9,10). The molecule has 54 valence electrons. The van der Waals surface area contributed by atoms with E-state index in [9.17, 15) is 9.18 Å². The van der Waals surface area contributed by atoms with Gasteiger partial charge in [-0.05, 0) is 12.1 Å². The number of rotatable bonds is 1. The first-order chi connectivity index (χ1) is 4.74. The second kappa shape index (κ2) is 2.84. The Kier molecular flexibility index (Phi) is 2.06. The molecule has 0 fully saturated rings. The maximum atomic E-state index is 12.2. The van der Waals surface area contributed by atoms with Crippen LogP contribution in [0.2, 0.25) is 0 Å². The Labute approximate surface area is 61.6 Å². The van der Waals surface area contributed by atoms with Crippen molar-refractivity contribution in [2.45, 2.75) is 5.88 Å². The molecule has 0 aliphatic heterocycles. The predicted molar refractivity (Wildman–Crippen MR) is 36.6 cm³/mol. The highest BCUT2D eigenvalue weighted by Gasteiger charge is 1.96. The van der Waals surface area contributed by atoms with E-state index in [4.69, 9.17) is 11.6 Å². The quantitative estimate of drug-likeness (QED) is 0.488. The van der Waals surface area contributed by atoms with E-state index in [2.05, 4.69) is 0 Å². The van der Waals surface area contributed by atoms with Crippen molar-refractivity contribution in [3.63, 3.8) is 0 Å². The van der Waals surface area contributed by atoms with Gasteiger partial charge in [0.1, 0.15) is 0 Å². The van der Waals surface area contributed by atoms with Crippen LogP contribution in [0.15, 0.2) is 16.9 Å². The summed E-state index contributed by atoms with van der Waals surface area (Å²) in [7, 11) is 0. The van der Waals surface area contributed by atoms with Gasteiger partial charge in [0, 0.05) is 5.56 Å². The van der Waals surface area contributed by atoms with Crippen LogP contribution >= 0.6 is 11.6 Å². The maximum absolute atomic E-state index is 12.2. The first kappa shape index (κ1) is 7.28. The van der Waals surface area contributed by atoms with Crippen LogP contribution in [-0.2, 0) is 5.88 Å². The lowest BCUT2D eigenvalue weighted by molar-refractivity contribution is 0.578. The molecule has 1 rings (SSSR count). The Morgan fingerprint density at radius 1 is 1.60 bits per heavy atom. The lowest BCUT2D eigenvalue weighted by Crippen LogP contribution is -2.11. The number of pyridine rings is 1. The van der Waals surface area contributed by atoms with Crippen molar-refractivity contribution in [3.05, 3.63) is 34.0 Å². The molecule has 0 spiro atoms. The van der Waals surface area contributed by atoms with Crippen molar-refractivity contribution >= 4 is 11.6 Å². The molecule has 0 aromatic carbocycles. The highest BCUT2D eigenvalue weighted by Crippen LogP contribution is 1.96. The third-order valence-corrected chi connectivity index (χ3v) is 1.39. The minimum atomic E-state index is -0.640. The number of hydrogen-bond donors (Lipinski definition) is 1. The maximum Gasteiger partial charge on any atom is 0.254 e. The van der Waals surface area contributed by atoms with Gasteiger partial charge in [-0.3, -0.25) is 9.78 Å². The summed E-state index contributed by atoms with van der Waals surface area (Å²) in [5.74, 6) is -0.533. The first-order valence-corrected chi connectivity index (χ1v) is 3.21. The average Bonchev–Trinajstić information content (AvgIpc) is 1.88. The summed E-state index contributed by atoms with van der Waals surface area (Å²) in [5, 5.41) is 0. The summed E-state index contributed by atoms with van der Waals surface area (Å²) < 4.78 is 12.2. The fraction of sp³-hybridized carbons (Fsp3) is 0.167. The molecule has 0 aliphatic rings. The molecule has 0 unspecified atom stereocenters. The van der Waals surface area contributed by atoms with Gasteiger partial charge in [-0.2, -0.15) is 4.39 Å². The van der Waals surface area contributed by atoms with E-state index in [1.807, 2.05) is 4.98 Å². The molecule has 0 radical (unpaired) electrons. The topological polar surface area (TPSA) is 32.9 Å². The van der Waals surface area contributed by atoms with Crippen LogP contribution < -0.4 is 5.56 Å². The molecule has 0 bridgehead atoms. The number of alkyl halides is 1. The molecule has 0 saturated carbocycles. The molecule has 1 heterocycles. The SMILES string of the molecule is O=c1[nH]c(F)ccc1CCl. The largest absolute Gasteiger partial charge is 0.299 e. The van der Waals surface area contributed by atoms with Gasteiger partial charge in [-0.1, -0.05) is 0 Å². The van der Waals surface area contributed by atoms with Crippen LogP contribution in [0.25, 0.3) is 0 Å². The van der Waals surface area contributed by atoms with Gasteiger partial charge in [-0.15, -0.1) is 11.6 Å². The van der Waals surface area contributed by atoms with Gasteiger partial charge < -0.3 is 0 Å². The molecule has 0 saturated heterocycles. The van der Waals surface area contributed by atoms with Crippen LogP contribution in [-0.4, -0.2) is 4.98 Å². The van der Waals surface area contributed by atoms with Crippen molar-refractivity contribution in [2.75, 3.05) is 0 Å². The number of aromatic amines is 1. The Morgan fingerprint density at radius 2 is 2.30 bits per heavy atom. The summed E-state index contributed by atoms with van der Waals surface area (Å²) in [4.78, 5) is 12.7. The highest BCUT2D eigenvalue weighted by molar-refractivity contribution is 6.17. The minimum absolute atomic E-state index is 0.107. The smallest absolute Gasteiger partial charge is 0.254 e. The van der Waals surface area contributed by atoms with E-state index < -0.39 is 11.5 Å². The van der Waals surface area contributed by atoms with Crippen LogP contribution in [0.1, 0.15) is 5.56 Å². The fourth-order valence-electron chi connectivity index (χ4n) is 0.585. The molecule has 10 heavy (non-hydrogen) atoms. The summed E-state index contributed by atoms with van der Waals surface area (Å²) >= 11 is 5.34. The predicted octanol–water partition coefficient (Wildman–Crippen LogP) is 1.25. The molecule has 2 nitrogen and oxygen atoms in total. The zero-order valence-corrected chi connectivity index (χ0v) is 5.78. The minimum Gasteiger partial charge on any atom is -0.299 e. The van der Waals surface area contributed by atoms with Gasteiger partial charge in [0.2, 0.25) is 0 Å². The normalized spacial score (nSPS) is 9.80. The third-order valence-electron chi connectivity index (χ3n) is 1.10. The number of halogens is 2. The number of hydrogen-bond acceptors (Lipinski definition) is 1. The lowest BCUT2D eigenvalue weighted by atomic mass is 10.3. The van der Waals surface area contributed by atoms with Gasteiger partial charge in [-0.25, -0.2) is 0 Å². The summed E-state index contributed by atoms with van der Waals surface area (Å²) in [6, 6.07) is 2.53. The zero-order valence-electron chi connectivity index (χ0n) is 5.03. The van der Waals surface area contributed by atoms with Gasteiger partial charge in [0.05, 0.1) is 5.88 Å². The van der Waals surface area contributed by atoms with E-state index in [-0.39, 0.29) is 5.88 Å². The van der Waals surface area contributed by atoms with Crippen molar-refractivity contribution in [2.24, 2.45) is 0 Å². The molecular weight excluding hydrogens is 157 g/mol. The molecule has 1 aromatic rings. The number of H-pyrrole nitrogens is 1. The van der Waals surface area contributed by atoms with Gasteiger partial charge in [0.25, 0.3) is 5.56 Å².